The Kier molecular flexibility index (Phi) is 3.23. The van der Waals surface area contributed by atoms with Crippen molar-refractivity contribution in [3.63, 3.8) is 0 Å². The lowest BCUT2D eigenvalue weighted by molar-refractivity contribution is 0.429. The highest BCUT2D eigenvalue weighted by atomic mass is 35.5. The Hall–Kier alpha value is -2.60. The average molecular weight is 307 g/mol. The summed E-state index contributed by atoms with van der Waals surface area (Å²) in [6, 6.07) is 8.05. The van der Waals surface area contributed by atoms with Crippen LogP contribution in [0.25, 0.3) is 22.8 Å². The molecule has 0 saturated heterocycles. The molecule has 0 fully saturated rings. The van der Waals surface area contributed by atoms with E-state index in [0.717, 1.165) is 6.07 Å². The van der Waals surface area contributed by atoms with E-state index < -0.39 is 11.6 Å². The van der Waals surface area contributed by atoms with Gasteiger partial charge in [-0.25, -0.2) is 4.39 Å². The first kappa shape index (κ1) is 13.4. The van der Waals surface area contributed by atoms with Gasteiger partial charge in [-0.1, -0.05) is 16.8 Å². The maximum atomic E-state index is 13.3. The van der Waals surface area contributed by atoms with Crippen molar-refractivity contribution in [3.05, 3.63) is 47.2 Å². The van der Waals surface area contributed by atoms with Crippen LogP contribution in [0.5, 0.6) is 11.5 Å². The SMILES string of the molecule is Oc1ccc(Cl)c(-c2nc(-c3ccc(O)c(F)c3)no2)c1. The molecule has 1 heterocycles. The van der Waals surface area contributed by atoms with E-state index in [-0.39, 0.29) is 17.5 Å². The summed E-state index contributed by atoms with van der Waals surface area (Å²) < 4.78 is 18.4. The minimum absolute atomic E-state index is 0.00447. The Labute approximate surface area is 123 Å². The van der Waals surface area contributed by atoms with Crippen molar-refractivity contribution in [1.82, 2.24) is 10.1 Å². The van der Waals surface area contributed by atoms with E-state index in [1.807, 2.05) is 0 Å². The van der Waals surface area contributed by atoms with Crippen molar-refractivity contribution in [1.29, 1.82) is 0 Å². The molecule has 0 radical (unpaired) electrons. The second-order valence-corrected chi connectivity index (χ2v) is 4.66. The molecule has 2 N–H and O–H groups in total. The molecule has 0 aliphatic carbocycles. The lowest BCUT2D eigenvalue weighted by atomic mass is 10.2. The summed E-state index contributed by atoms with van der Waals surface area (Å²) in [6.07, 6.45) is 0. The fraction of sp³-hybridized carbons (Fsp3) is 0. The van der Waals surface area contributed by atoms with Gasteiger partial charge in [-0.3, -0.25) is 0 Å². The highest BCUT2D eigenvalue weighted by molar-refractivity contribution is 6.33. The highest BCUT2D eigenvalue weighted by Crippen LogP contribution is 2.31. The Balaban J connectivity index is 2.03. The molecule has 21 heavy (non-hydrogen) atoms. The van der Waals surface area contributed by atoms with Gasteiger partial charge in [-0.05, 0) is 36.4 Å². The Morgan fingerprint density at radius 3 is 2.67 bits per heavy atom. The molecular weight excluding hydrogens is 299 g/mol. The first-order valence-electron chi connectivity index (χ1n) is 5.86. The molecule has 7 heteroatoms. The Bertz CT molecular complexity index is 820. The van der Waals surface area contributed by atoms with E-state index in [1.165, 1.54) is 30.3 Å². The predicted molar refractivity (Wildman–Crippen MR) is 73.5 cm³/mol. The van der Waals surface area contributed by atoms with E-state index in [9.17, 15) is 9.50 Å². The van der Waals surface area contributed by atoms with Gasteiger partial charge < -0.3 is 14.7 Å². The average Bonchev–Trinajstić information content (AvgIpc) is 2.94. The van der Waals surface area contributed by atoms with Crippen LogP contribution < -0.4 is 0 Å². The smallest absolute Gasteiger partial charge is 0.259 e. The van der Waals surface area contributed by atoms with Gasteiger partial charge in [0.25, 0.3) is 5.89 Å². The molecule has 0 spiro atoms. The van der Waals surface area contributed by atoms with Gasteiger partial charge in [0.05, 0.1) is 10.6 Å². The number of aromatic hydroxyl groups is 2. The predicted octanol–water partition coefficient (Wildman–Crippen LogP) is 3.61. The number of aromatic nitrogens is 2. The molecule has 0 atom stereocenters. The number of phenols is 2. The molecule has 3 rings (SSSR count). The summed E-state index contributed by atoms with van der Waals surface area (Å²) in [5.74, 6) is -1.000. The molecule has 1 aromatic heterocycles. The number of rotatable bonds is 2. The largest absolute Gasteiger partial charge is 0.508 e. The van der Waals surface area contributed by atoms with Crippen molar-refractivity contribution < 1.29 is 19.1 Å². The normalized spacial score (nSPS) is 10.8. The van der Waals surface area contributed by atoms with Crippen molar-refractivity contribution in [3.8, 4) is 34.3 Å². The van der Waals surface area contributed by atoms with Gasteiger partial charge in [-0.2, -0.15) is 4.98 Å². The molecule has 106 valence electrons. The molecule has 0 aliphatic heterocycles. The van der Waals surface area contributed by atoms with Gasteiger partial charge in [0.1, 0.15) is 5.75 Å². The summed E-state index contributed by atoms with van der Waals surface area (Å²) in [6.45, 7) is 0. The molecular formula is C14H8ClFN2O3. The van der Waals surface area contributed by atoms with Crippen LogP contribution in [0.1, 0.15) is 0 Å². The number of hydrogen-bond acceptors (Lipinski definition) is 5. The highest BCUT2D eigenvalue weighted by Gasteiger charge is 2.15. The zero-order valence-electron chi connectivity index (χ0n) is 10.4. The zero-order valence-corrected chi connectivity index (χ0v) is 11.2. The van der Waals surface area contributed by atoms with E-state index in [0.29, 0.717) is 16.1 Å². The topological polar surface area (TPSA) is 79.4 Å². The summed E-state index contributed by atoms with van der Waals surface area (Å²) in [4.78, 5) is 4.10. The molecule has 0 aliphatic rings. The zero-order chi connectivity index (χ0) is 15.0. The molecule has 5 nitrogen and oxygen atoms in total. The molecule has 0 saturated carbocycles. The second-order valence-electron chi connectivity index (χ2n) is 4.25. The van der Waals surface area contributed by atoms with Gasteiger partial charge in [0.15, 0.2) is 11.6 Å². The van der Waals surface area contributed by atoms with Crippen molar-refractivity contribution in [2.24, 2.45) is 0 Å². The molecule has 0 unspecified atom stereocenters. The van der Waals surface area contributed by atoms with Crippen LogP contribution in [-0.2, 0) is 0 Å². The monoisotopic (exact) mass is 306 g/mol. The molecule has 0 amide bonds. The fourth-order valence-corrected chi connectivity index (χ4v) is 1.97. The maximum Gasteiger partial charge on any atom is 0.259 e. The van der Waals surface area contributed by atoms with Crippen molar-refractivity contribution in [2.45, 2.75) is 0 Å². The minimum atomic E-state index is -0.783. The Morgan fingerprint density at radius 1 is 1.10 bits per heavy atom. The number of phenolic OH excluding ortho intramolecular Hbond substituents is 2. The minimum Gasteiger partial charge on any atom is -0.508 e. The summed E-state index contributed by atoms with van der Waals surface area (Å²) in [5.41, 5.74) is 0.714. The van der Waals surface area contributed by atoms with Crippen molar-refractivity contribution >= 4 is 11.6 Å². The molecule has 3 aromatic rings. The van der Waals surface area contributed by atoms with E-state index in [4.69, 9.17) is 21.2 Å². The van der Waals surface area contributed by atoms with Crippen LogP contribution in [0.4, 0.5) is 4.39 Å². The summed E-state index contributed by atoms with van der Waals surface area (Å²) in [7, 11) is 0. The maximum absolute atomic E-state index is 13.3. The van der Waals surface area contributed by atoms with Crippen molar-refractivity contribution in [2.75, 3.05) is 0 Å². The first-order chi connectivity index (χ1) is 10.0. The fourth-order valence-electron chi connectivity index (χ4n) is 1.77. The van der Waals surface area contributed by atoms with Crippen LogP contribution in [0.3, 0.4) is 0 Å². The lowest BCUT2D eigenvalue weighted by Gasteiger charge is -1.99. The third kappa shape index (κ3) is 2.53. The number of nitrogens with zero attached hydrogens (tertiary/aromatic N) is 2. The lowest BCUT2D eigenvalue weighted by Crippen LogP contribution is -1.84. The number of halogens is 2. The third-order valence-electron chi connectivity index (χ3n) is 2.81. The van der Waals surface area contributed by atoms with Crippen LogP contribution >= 0.6 is 11.6 Å². The van der Waals surface area contributed by atoms with Crippen LogP contribution in [0.15, 0.2) is 40.9 Å². The summed E-state index contributed by atoms with van der Waals surface area (Å²) >= 11 is 6.00. The van der Waals surface area contributed by atoms with Gasteiger partial charge in [0.2, 0.25) is 5.82 Å². The van der Waals surface area contributed by atoms with Crippen LogP contribution in [0, 0.1) is 5.82 Å². The summed E-state index contributed by atoms with van der Waals surface area (Å²) in [5, 5.41) is 22.7. The van der Waals surface area contributed by atoms with E-state index in [2.05, 4.69) is 10.1 Å². The van der Waals surface area contributed by atoms with Gasteiger partial charge >= 0.3 is 0 Å². The molecule has 2 aromatic carbocycles. The van der Waals surface area contributed by atoms with E-state index >= 15 is 0 Å². The number of benzene rings is 2. The van der Waals surface area contributed by atoms with Gasteiger partial charge in [-0.15, -0.1) is 0 Å². The van der Waals surface area contributed by atoms with Gasteiger partial charge in [0, 0.05) is 5.56 Å². The molecule has 0 bridgehead atoms. The quantitative estimate of drug-likeness (QED) is 0.756. The standard InChI is InChI=1S/C14H8ClFN2O3/c15-10-3-2-8(19)6-9(10)14-17-13(18-21-14)7-1-4-12(20)11(16)5-7/h1-6,19-20H. The second kappa shape index (κ2) is 5.06. The Morgan fingerprint density at radius 2 is 1.90 bits per heavy atom. The first-order valence-corrected chi connectivity index (χ1v) is 6.24. The van der Waals surface area contributed by atoms with Crippen LogP contribution in [0.2, 0.25) is 5.02 Å². The van der Waals surface area contributed by atoms with Crippen LogP contribution in [-0.4, -0.2) is 20.4 Å². The number of hydrogen-bond donors (Lipinski definition) is 2. The van der Waals surface area contributed by atoms with E-state index in [1.54, 1.807) is 0 Å². The third-order valence-corrected chi connectivity index (χ3v) is 3.14.